The van der Waals surface area contributed by atoms with Crippen LogP contribution in [0.25, 0.3) is 0 Å². The molecule has 4 nitrogen and oxygen atoms in total. The number of rotatable bonds is 6. The molecule has 0 radical (unpaired) electrons. The van der Waals surface area contributed by atoms with E-state index < -0.39 is 17.7 Å². The number of aliphatic carboxylic acids is 1. The molecule has 0 saturated carbocycles. The van der Waals surface area contributed by atoms with Crippen molar-refractivity contribution in [2.24, 2.45) is 0 Å². The van der Waals surface area contributed by atoms with Crippen LogP contribution in [0.2, 0.25) is 0 Å². The average molecular weight is 290 g/mol. The van der Waals surface area contributed by atoms with Gasteiger partial charge in [-0.3, -0.25) is 4.79 Å². The van der Waals surface area contributed by atoms with Gasteiger partial charge in [-0.2, -0.15) is 0 Å². The minimum atomic E-state index is -1.13. The molecule has 2 aromatic carbocycles. The topological polar surface area (TPSA) is 55.8 Å². The summed E-state index contributed by atoms with van der Waals surface area (Å²) in [6.07, 6.45) is 0. The van der Waals surface area contributed by atoms with Gasteiger partial charge in [0.2, 0.25) is 0 Å². The number of halogens is 1. The summed E-state index contributed by atoms with van der Waals surface area (Å²) in [5, 5.41) is 9.24. The monoisotopic (exact) mass is 290 g/mol. The van der Waals surface area contributed by atoms with Crippen molar-refractivity contribution >= 4 is 5.97 Å². The maximum atomic E-state index is 13.7. The number of carboxylic acids is 1. The molecule has 2 aromatic rings. The second-order valence-electron chi connectivity index (χ2n) is 4.40. The fourth-order valence-corrected chi connectivity index (χ4v) is 1.90. The highest BCUT2D eigenvalue weighted by Gasteiger charge is 2.23. The Labute approximate surface area is 121 Å². The van der Waals surface area contributed by atoms with E-state index in [1.54, 1.807) is 37.4 Å². The van der Waals surface area contributed by atoms with Crippen LogP contribution in [-0.2, 0) is 4.79 Å². The molecule has 0 heterocycles. The molecule has 0 amide bonds. The van der Waals surface area contributed by atoms with E-state index in [0.717, 1.165) is 0 Å². The Morgan fingerprint density at radius 2 is 1.76 bits per heavy atom. The van der Waals surface area contributed by atoms with Gasteiger partial charge in [-0.1, -0.05) is 18.2 Å². The third-order valence-corrected chi connectivity index (χ3v) is 3.05. The van der Waals surface area contributed by atoms with Gasteiger partial charge < -0.3 is 14.6 Å². The summed E-state index contributed by atoms with van der Waals surface area (Å²) in [7, 11) is 1.55. The SMILES string of the molecule is COc1ccc(OCC(C(=O)O)c2ccccc2F)cc1. The number of carbonyl (C=O) groups is 1. The lowest BCUT2D eigenvalue weighted by atomic mass is 10.00. The Morgan fingerprint density at radius 1 is 1.14 bits per heavy atom. The van der Waals surface area contributed by atoms with E-state index >= 15 is 0 Å². The van der Waals surface area contributed by atoms with Crippen molar-refractivity contribution in [1.82, 2.24) is 0 Å². The van der Waals surface area contributed by atoms with Gasteiger partial charge in [-0.15, -0.1) is 0 Å². The highest BCUT2D eigenvalue weighted by atomic mass is 19.1. The summed E-state index contributed by atoms with van der Waals surface area (Å²) in [5.41, 5.74) is 0.110. The van der Waals surface area contributed by atoms with Crippen molar-refractivity contribution < 1.29 is 23.8 Å². The number of carboxylic acid groups (broad SMARTS) is 1. The maximum Gasteiger partial charge on any atom is 0.314 e. The molecule has 110 valence electrons. The molecule has 0 aliphatic heterocycles. The lowest BCUT2D eigenvalue weighted by Gasteiger charge is -2.15. The number of hydrogen-bond donors (Lipinski definition) is 1. The Bertz CT molecular complexity index is 610. The van der Waals surface area contributed by atoms with E-state index in [0.29, 0.717) is 11.5 Å². The van der Waals surface area contributed by atoms with E-state index in [9.17, 15) is 14.3 Å². The predicted molar refractivity (Wildman–Crippen MR) is 75.3 cm³/mol. The maximum absolute atomic E-state index is 13.7. The van der Waals surface area contributed by atoms with Crippen LogP contribution in [-0.4, -0.2) is 24.8 Å². The van der Waals surface area contributed by atoms with Gasteiger partial charge in [0.1, 0.15) is 29.8 Å². The first-order valence-electron chi connectivity index (χ1n) is 6.36. The average Bonchev–Trinajstić information content (AvgIpc) is 2.49. The first-order chi connectivity index (χ1) is 10.1. The van der Waals surface area contributed by atoms with Gasteiger partial charge in [-0.25, -0.2) is 4.39 Å². The molecule has 0 bridgehead atoms. The second-order valence-corrected chi connectivity index (χ2v) is 4.40. The summed E-state index contributed by atoms with van der Waals surface area (Å²) in [5.74, 6) is -1.57. The molecule has 0 aliphatic rings. The van der Waals surface area contributed by atoms with Crippen LogP contribution in [0, 0.1) is 5.82 Å². The van der Waals surface area contributed by atoms with Gasteiger partial charge in [0, 0.05) is 5.56 Å². The molecular weight excluding hydrogens is 275 g/mol. The van der Waals surface area contributed by atoms with Crippen LogP contribution < -0.4 is 9.47 Å². The van der Waals surface area contributed by atoms with Gasteiger partial charge >= 0.3 is 5.97 Å². The summed E-state index contributed by atoms with van der Waals surface area (Å²) >= 11 is 0. The largest absolute Gasteiger partial charge is 0.497 e. The summed E-state index contributed by atoms with van der Waals surface area (Å²) < 4.78 is 24.1. The molecule has 1 unspecified atom stereocenters. The molecule has 1 atom stereocenters. The molecule has 5 heteroatoms. The molecule has 0 aromatic heterocycles. The van der Waals surface area contributed by atoms with Crippen LogP contribution in [0.15, 0.2) is 48.5 Å². The van der Waals surface area contributed by atoms with Gasteiger partial charge in [0.15, 0.2) is 0 Å². The highest BCUT2D eigenvalue weighted by Crippen LogP contribution is 2.22. The third kappa shape index (κ3) is 3.72. The van der Waals surface area contributed by atoms with Crippen LogP contribution in [0.4, 0.5) is 4.39 Å². The zero-order valence-corrected chi connectivity index (χ0v) is 11.5. The Morgan fingerprint density at radius 3 is 2.33 bits per heavy atom. The van der Waals surface area contributed by atoms with E-state index in [1.807, 2.05) is 0 Å². The van der Waals surface area contributed by atoms with Crippen LogP contribution in [0.1, 0.15) is 11.5 Å². The van der Waals surface area contributed by atoms with Crippen molar-refractivity contribution in [2.45, 2.75) is 5.92 Å². The van der Waals surface area contributed by atoms with Gasteiger partial charge in [0.25, 0.3) is 0 Å². The first kappa shape index (κ1) is 14.8. The number of benzene rings is 2. The minimum absolute atomic E-state index is 0.110. The minimum Gasteiger partial charge on any atom is -0.497 e. The summed E-state index contributed by atoms with van der Waals surface area (Å²) in [4.78, 5) is 11.3. The smallest absolute Gasteiger partial charge is 0.314 e. The molecule has 2 rings (SSSR count). The fourth-order valence-electron chi connectivity index (χ4n) is 1.90. The Hall–Kier alpha value is -2.56. The van der Waals surface area contributed by atoms with E-state index in [-0.39, 0.29) is 12.2 Å². The second kappa shape index (κ2) is 6.74. The van der Waals surface area contributed by atoms with Crippen molar-refractivity contribution in [1.29, 1.82) is 0 Å². The van der Waals surface area contributed by atoms with Crippen LogP contribution in [0.3, 0.4) is 0 Å². The molecule has 21 heavy (non-hydrogen) atoms. The Balaban J connectivity index is 2.10. The van der Waals surface area contributed by atoms with E-state index in [1.165, 1.54) is 18.2 Å². The number of methoxy groups -OCH3 is 1. The lowest BCUT2D eigenvalue weighted by molar-refractivity contribution is -0.139. The standard InChI is InChI=1S/C16H15FO4/c1-20-11-6-8-12(9-7-11)21-10-14(16(18)19)13-4-2-3-5-15(13)17/h2-9,14H,10H2,1H3,(H,18,19). The third-order valence-electron chi connectivity index (χ3n) is 3.05. The zero-order chi connectivity index (χ0) is 15.2. The molecule has 0 fully saturated rings. The summed E-state index contributed by atoms with van der Waals surface area (Å²) in [6, 6.07) is 12.5. The predicted octanol–water partition coefficient (Wildman–Crippen LogP) is 3.08. The highest BCUT2D eigenvalue weighted by molar-refractivity contribution is 5.76. The normalized spacial score (nSPS) is 11.7. The van der Waals surface area contributed by atoms with Crippen molar-refractivity contribution in [3.05, 3.63) is 59.9 Å². The van der Waals surface area contributed by atoms with E-state index in [4.69, 9.17) is 9.47 Å². The van der Waals surface area contributed by atoms with Gasteiger partial charge in [0.05, 0.1) is 7.11 Å². The van der Waals surface area contributed by atoms with Crippen molar-refractivity contribution in [3.8, 4) is 11.5 Å². The van der Waals surface area contributed by atoms with Crippen LogP contribution in [0.5, 0.6) is 11.5 Å². The lowest BCUT2D eigenvalue weighted by Crippen LogP contribution is -2.20. The van der Waals surface area contributed by atoms with Crippen LogP contribution >= 0.6 is 0 Å². The number of ether oxygens (including phenoxy) is 2. The molecule has 0 saturated heterocycles. The number of hydrogen-bond acceptors (Lipinski definition) is 3. The molecular formula is C16H15FO4. The Kier molecular flexibility index (Phi) is 4.77. The first-order valence-corrected chi connectivity index (χ1v) is 6.36. The van der Waals surface area contributed by atoms with Gasteiger partial charge in [-0.05, 0) is 30.3 Å². The quantitative estimate of drug-likeness (QED) is 0.888. The fraction of sp³-hybridized carbons (Fsp3) is 0.188. The molecule has 1 N–H and O–H groups in total. The van der Waals surface area contributed by atoms with E-state index in [2.05, 4.69) is 0 Å². The summed E-state index contributed by atoms with van der Waals surface area (Å²) in [6.45, 7) is -0.150. The zero-order valence-electron chi connectivity index (χ0n) is 11.5. The van der Waals surface area contributed by atoms with Crippen molar-refractivity contribution in [2.75, 3.05) is 13.7 Å². The van der Waals surface area contributed by atoms with Crippen molar-refractivity contribution in [3.63, 3.8) is 0 Å². The molecule has 0 spiro atoms. The molecule has 0 aliphatic carbocycles.